The van der Waals surface area contributed by atoms with Gasteiger partial charge in [-0.3, -0.25) is 0 Å². The number of methoxy groups -OCH3 is 2. The molecule has 0 aromatic heterocycles. The lowest BCUT2D eigenvalue weighted by atomic mass is 10.1. The van der Waals surface area contributed by atoms with Gasteiger partial charge in [-0.15, -0.1) is 0 Å². The van der Waals surface area contributed by atoms with E-state index in [1.54, 1.807) is 24.3 Å². The highest BCUT2D eigenvalue weighted by Gasteiger charge is 2.30. The Bertz CT molecular complexity index is 930. The summed E-state index contributed by atoms with van der Waals surface area (Å²) in [5.74, 6) is -0.286. The van der Waals surface area contributed by atoms with E-state index >= 15 is 0 Å². The molecule has 0 spiro atoms. The molecule has 0 saturated carbocycles. The summed E-state index contributed by atoms with van der Waals surface area (Å²) in [5.41, 5.74) is 0.0176. The maximum absolute atomic E-state index is 12.8. The molecule has 28 heavy (non-hydrogen) atoms. The third-order valence-corrected chi connectivity index (χ3v) is 3.70. The number of benzene rings is 2. The van der Waals surface area contributed by atoms with Crippen molar-refractivity contribution in [2.45, 2.75) is 12.8 Å². The van der Waals surface area contributed by atoms with E-state index in [2.05, 4.69) is 4.74 Å². The van der Waals surface area contributed by atoms with Crippen LogP contribution in [0, 0.1) is 11.3 Å². The molecule has 5 nitrogen and oxygen atoms in total. The Morgan fingerprint density at radius 3 is 2.54 bits per heavy atom. The Morgan fingerprint density at radius 2 is 1.93 bits per heavy atom. The number of carbonyl (C=O) groups is 1. The van der Waals surface area contributed by atoms with Crippen molar-refractivity contribution >= 4 is 12.0 Å². The summed E-state index contributed by atoms with van der Waals surface area (Å²) >= 11 is 0. The van der Waals surface area contributed by atoms with Crippen molar-refractivity contribution in [1.29, 1.82) is 5.26 Å². The maximum atomic E-state index is 12.8. The van der Waals surface area contributed by atoms with Crippen LogP contribution in [0.3, 0.4) is 0 Å². The molecule has 0 N–H and O–H groups in total. The van der Waals surface area contributed by atoms with Gasteiger partial charge < -0.3 is 14.2 Å². The molecule has 0 atom stereocenters. The Labute approximate surface area is 159 Å². The topological polar surface area (TPSA) is 68.6 Å². The number of hydrogen-bond donors (Lipinski definition) is 0. The molecule has 0 saturated heterocycles. The number of esters is 1. The number of halogens is 3. The van der Waals surface area contributed by atoms with Crippen molar-refractivity contribution in [2.75, 3.05) is 14.2 Å². The molecule has 0 radical (unpaired) electrons. The Hall–Kier alpha value is -3.47. The number of rotatable bonds is 6. The first kappa shape index (κ1) is 20.8. The number of nitriles is 1. The van der Waals surface area contributed by atoms with Gasteiger partial charge in [-0.05, 0) is 42.0 Å². The minimum Gasteiger partial charge on any atom is -0.496 e. The van der Waals surface area contributed by atoms with E-state index in [9.17, 15) is 18.0 Å². The van der Waals surface area contributed by atoms with Gasteiger partial charge in [0.05, 0.1) is 19.8 Å². The Kier molecular flexibility index (Phi) is 6.66. The molecule has 0 amide bonds. The van der Waals surface area contributed by atoms with Crippen molar-refractivity contribution in [1.82, 2.24) is 0 Å². The van der Waals surface area contributed by atoms with Gasteiger partial charge in [0.2, 0.25) is 0 Å². The first-order chi connectivity index (χ1) is 13.3. The van der Waals surface area contributed by atoms with Crippen molar-refractivity contribution in [3.05, 3.63) is 64.7 Å². The number of alkyl halides is 3. The van der Waals surface area contributed by atoms with Crippen LogP contribution in [0.25, 0.3) is 6.08 Å². The standard InChI is InChI=1S/C20H16F3NO4/c1-26-18-7-6-13(8-14(11-24)19(25)27-2)9-15(18)12-28-17-5-3-4-16(10-17)20(21,22)23/h3-10H,12H2,1-2H3. The highest BCUT2D eigenvalue weighted by molar-refractivity contribution is 5.97. The average molecular weight is 391 g/mol. The zero-order valence-corrected chi connectivity index (χ0v) is 15.0. The van der Waals surface area contributed by atoms with E-state index in [4.69, 9.17) is 14.7 Å². The summed E-state index contributed by atoms with van der Waals surface area (Å²) < 4.78 is 53.6. The summed E-state index contributed by atoms with van der Waals surface area (Å²) in [6.45, 7) is -0.0771. The fraction of sp³-hybridized carbons (Fsp3) is 0.200. The van der Waals surface area contributed by atoms with Crippen molar-refractivity contribution in [3.8, 4) is 17.6 Å². The molecule has 0 aliphatic carbocycles. The van der Waals surface area contributed by atoms with Crippen molar-refractivity contribution in [2.24, 2.45) is 0 Å². The number of carbonyl (C=O) groups excluding carboxylic acids is 1. The van der Waals surface area contributed by atoms with Crippen molar-refractivity contribution in [3.63, 3.8) is 0 Å². The molecule has 0 fully saturated rings. The van der Waals surface area contributed by atoms with Gasteiger partial charge in [0.15, 0.2) is 0 Å². The number of nitrogens with zero attached hydrogens (tertiary/aromatic N) is 1. The molecule has 8 heteroatoms. The van der Waals surface area contributed by atoms with E-state index in [1.807, 2.05) is 0 Å². The lowest BCUT2D eigenvalue weighted by Gasteiger charge is -2.13. The van der Waals surface area contributed by atoms with Gasteiger partial charge in [-0.25, -0.2) is 4.79 Å². The zero-order chi connectivity index (χ0) is 20.7. The van der Waals surface area contributed by atoms with Gasteiger partial charge in [-0.1, -0.05) is 12.1 Å². The fourth-order valence-corrected chi connectivity index (χ4v) is 2.34. The molecular formula is C20H16F3NO4. The monoisotopic (exact) mass is 391 g/mol. The summed E-state index contributed by atoms with van der Waals surface area (Å²) in [6.07, 6.45) is -3.14. The lowest BCUT2D eigenvalue weighted by Crippen LogP contribution is -2.05. The molecule has 2 aromatic rings. The second-order valence-corrected chi connectivity index (χ2v) is 5.55. The first-order valence-corrected chi connectivity index (χ1v) is 7.95. The summed E-state index contributed by atoms with van der Waals surface area (Å²) in [7, 11) is 2.60. The van der Waals surface area contributed by atoms with Gasteiger partial charge in [0.1, 0.15) is 29.7 Å². The largest absolute Gasteiger partial charge is 0.496 e. The third-order valence-electron chi connectivity index (χ3n) is 3.70. The Morgan fingerprint density at radius 1 is 1.18 bits per heavy atom. The van der Waals surface area contributed by atoms with Crippen molar-refractivity contribution < 1.29 is 32.2 Å². The molecule has 0 aliphatic heterocycles. The SMILES string of the molecule is COC(=O)C(C#N)=Cc1ccc(OC)c(COc2cccc(C(F)(F)F)c2)c1. The van der Waals surface area contributed by atoms with Crippen LogP contribution in [0.4, 0.5) is 13.2 Å². The van der Waals surface area contributed by atoms with E-state index in [0.29, 0.717) is 16.9 Å². The smallest absolute Gasteiger partial charge is 0.416 e. The predicted molar refractivity (Wildman–Crippen MR) is 94.4 cm³/mol. The van der Waals surface area contributed by atoms with Crippen LogP contribution in [0.5, 0.6) is 11.5 Å². The number of hydrogen-bond acceptors (Lipinski definition) is 5. The van der Waals surface area contributed by atoms with Gasteiger partial charge in [-0.2, -0.15) is 18.4 Å². The highest BCUT2D eigenvalue weighted by atomic mass is 19.4. The van der Waals surface area contributed by atoms with Crippen LogP contribution in [0.2, 0.25) is 0 Å². The molecule has 2 rings (SSSR count). The molecule has 146 valence electrons. The summed E-state index contributed by atoms with van der Waals surface area (Å²) in [5, 5.41) is 9.04. The predicted octanol–water partition coefficient (Wildman–Crippen LogP) is 4.37. The number of ether oxygens (including phenoxy) is 3. The lowest BCUT2D eigenvalue weighted by molar-refractivity contribution is -0.138. The second kappa shape index (κ2) is 8.95. The van der Waals surface area contributed by atoms with Gasteiger partial charge in [0, 0.05) is 5.56 Å². The van der Waals surface area contributed by atoms with Crippen LogP contribution in [-0.2, 0) is 22.3 Å². The van der Waals surface area contributed by atoms with E-state index < -0.39 is 17.7 Å². The van der Waals surface area contributed by atoms with Gasteiger partial charge in [0.25, 0.3) is 0 Å². The van der Waals surface area contributed by atoms with Crippen LogP contribution >= 0.6 is 0 Å². The van der Waals surface area contributed by atoms with Crippen LogP contribution in [0.15, 0.2) is 48.0 Å². The maximum Gasteiger partial charge on any atom is 0.416 e. The molecule has 0 heterocycles. The first-order valence-electron chi connectivity index (χ1n) is 7.95. The summed E-state index contributed by atoms with van der Waals surface area (Å²) in [4.78, 5) is 11.5. The molecule has 2 aromatic carbocycles. The second-order valence-electron chi connectivity index (χ2n) is 5.55. The van der Waals surface area contributed by atoms with Crippen LogP contribution < -0.4 is 9.47 Å². The molecule has 0 bridgehead atoms. The minimum absolute atomic E-state index is 0.0464. The average Bonchev–Trinajstić information content (AvgIpc) is 2.69. The van der Waals surface area contributed by atoms with Crippen LogP contribution in [0.1, 0.15) is 16.7 Å². The molecule has 0 aliphatic rings. The summed E-state index contributed by atoms with van der Waals surface area (Å²) in [6, 6.07) is 11.1. The quantitative estimate of drug-likeness (QED) is 0.415. The highest BCUT2D eigenvalue weighted by Crippen LogP contribution is 2.32. The molecule has 0 unspecified atom stereocenters. The minimum atomic E-state index is -4.47. The molecular weight excluding hydrogens is 375 g/mol. The van der Waals surface area contributed by atoms with Gasteiger partial charge >= 0.3 is 12.1 Å². The van der Waals surface area contributed by atoms with E-state index in [1.165, 1.54) is 25.3 Å². The van der Waals surface area contributed by atoms with E-state index in [0.717, 1.165) is 19.2 Å². The van der Waals surface area contributed by atoms with Crippen LogP contribution in [-0.4, -0.2) is 20.2 Å². The fourth-order valence-electron chi connectivity index (χ4n) is 2.34. The third kappa shape index (κ3) is 5.27. The van der Waals surface area contributed by atoms with E-state index in [-0.39, 0.29) is 17.9 Å². The zero-order valence-electron chi connectivity index (χ0n) is 15.0. The Balaban J connectivity index is 2.27. The normalized spacial score (nSPS) is 11.5.